The number of alkyl carbamates (subject to hydrolysis) is 1. The number of thioether (sulfide) groups is 1. The molecule has 0 radical (unpaired) electrons. The number of ether oxygens (including phenoxy) is 1. The van der Waals surface area contributed by atoms with Gasteiger partial charge in [-0.1, -0.05) is 32.0 Å². The Morgan fingerprint density at radius 2 is 1.91 bits per heavy atom. The summed E-state index contributed by atoms with van der Waals surface area (Å²) in [6.07, 6.45) is 4.14. The van der Waals surface area contributed by atoms with E-state index in [0.717, 1.165) is 31.6 Å². The molecule has 10 nitrogen and oxygen atoms in total. The summed E-state index contributed by atoms with van der Waals surface area (Å²) in [6.45, 7) is 4.77. The number of methoxy groups -OCH3 is 1. The van der Waals surface area contributed by atoms with Crippen molar-refractivity contribution in [2.75, 3.05) is 33.5 Å². The van der Waals surface area contributed by atoms with Gasteiger partial charge in [0.2, 0.25) is 12.2 Å². The van der Waals surface area contributed by atoms with Gasteiger partial charge in [0.25, 0.3) is 11.1 Å². The molecule has 1 unspecified atom stereocenters. The van der Waals surface area contributed by atoms with Gasteiger partial charge in [0.15, 0.2) is 0 Å². The molecule has 188 valence electrons. The van der Waals surface area contributed by atoms with Crippen LogP contribution in [0.2, 0.25) is 0 Å². The molecule has 0 saturated heterocycles. The summed E-state index contributed by atoms with van der Waals surface area (Å²) >= 11 is 1.37. The maximum Gasteiger partial charge on any atom is 0.408 e. The molecule has 12 heteroatoms. The first kappa shape index (κ1) is 29.2. The Morgan fingerprint density at radius 1 is 1.24 bits per heavy atom. The topological polar surface area (TPSA) is 118 Å². The number of carbonyl (C=O) groups is 3. The van der Waals surface area contributed by atoms with Crippen molar-refractivity contribution in [1.82, 2.24) is 25.3 Å². The molecule has 1 fully saturated rings. The molecule has 2 amide bonds. The highest BCUT2D eigenvalue weighted by Gasteiger charge is 2.45. The van der Waals surface area contributed by atoms with E-state index in [-0.39, 0.29) is 24.2 Å². The number of ketones is 1. The molecule has 1 aromatic rings. The molecule has 1 aliphatic rings. The first-order chi connectivity index (χ1) is 15.2. The van der Waals surface area contributed by atoms with Gasteiger partial charge in [-0.15, -0.1) is 22.6 Å². The Labute approximate surface area is 206 Å². The zero-order valence-corrected chi connectivity index (χ0v) is 21.7. The van der Waals surface area contributed by atoms with Crippen LogP contribution in [0.15, 0.2) is 9.64 Å². The quantitative estimate of drug-likeness (QED) is 0.197. The van der Waals surface area contributed by atoms with Crippen molar-refractivity contribution in [3.63, 3.8) is 0 Å². The van der Waals surface area contributed by atoms with Gasteiger partial charge >= 0.3 is 6.09 Å². The molecule has 1 aromatic heterocycles. The van der Waals surface area contributed by atoms with Gasteiger partial charge in [-0.3, -0.25) is 14.9 Å². The van der Waals surface area contributed by atoms with Crippen LogP contribution in [0, 0.1) is 5.92 Å². The Bertz CT molecular complexity index is 770. The number of halogens is 1. The van der Waals surface area contributed by atoms with Crippen molar-refractivity contribution in [3.05, 3.63) is 5.89 Å². The van der Waals surface area contributed by atoms with E-state index in [2.05, 4.69) is 15.5 Å². The third kappa shape index (κ3) is 8.15. The first-order valence-corrected chi connectivity index (χ1v) is 12.0. The number of rotatable bonds is 12. The maximum atomic E-state index is 13.5. The van der Waals surface area contributed by atoms with Gasteiger partial charge in [0.1, 0.15) is 11.7 Å². The molecule has 0 bridgehead atoms. The summed E-state index contributed by atoms with van der Waals surface area (Å²) in [7, 11) is 5.22. The second-order valence-electron chi connectivity index (χ2n) is 8.76. The first-order valence-electron chi connectivity index (χ1n) is 11.0. The molecule has 2 rings (SSSR count). The van der Waals surface area contributed by atoms with Crippen LogP contribution in [-0.4, -0.2) is 83.5 Å². The third-order valence-corrected chi connectivity index (χ3v) is 6.32. The standard InChI is InChI=1S/C21H35N5O5S.ClH/c1-15(2)13-16(17(28)18-23-24-20(31-18)32-12-11-25(3)4)26(14-27)21(22-19(29)30-5)9-7-6-8-10-21;/h14-16H,6-13H2,1-5H3,(H,22,29);1H. The second kappa shape index (κ2) is 13.8. The number of carbonyl (C=O) groups excluding carboxylic acids is 3. The summed E-state index contributed by atoms with van der Waals surface area (Å²) in [5.74, 6) is 0.306. The monoisotopic (exact) mass is 505 g/mol. The molecule has 1 saturated carbocycles. The zero-order valence-electron chi connectivity index (χ0n) is 20.0. The van der Waals surface area contributed by atoms with Crippen LogP contribution in [0.1, 0.15) is 63.1 Å². The van der Waals surface area contributed by atoms with E-state index in [1.807, 2.05) is 32.8 Å². The minimum atomic E-state index is -0.994. The van der Waals surface area contributed by atoms with Crippen molar-refractivity contribution in [3.8, 4) is 0 Å². The van der Waals surface area contributed by atoms with Crippen LogP contribution in [0.5, 0.6) is 0 Å². The predicted octanol–water partition coefficient (Wildman–Crippen LogP) is 3.22. The van der Waals surface area contributed by atoms with Crippen LogP contribution in [-0.2, 0) is 9.53 Å². The summed E-state index contributed by atoms with van der Waals surface area (Å²) in [5, 5.41) is 11.1. The molecule has 1 aliphatic carbocycles. The van der Waals surface area contributed by atoms with Gasteiger partial charge in [-0.05, 0) is 52.1 Å². The van der Waals surface area contributed by atoms with Crippen molar-refractivity contribution >= 4 is 42.5 Å². The van der Waals surface area contributed by atoms with Gasteiger partial charge < -0.3 is 19.0 Å². The summed E-state index contributed by atoms with van der Waals surface area (Å²) in [6, 6.07) is -0.845. The minimum Gasteiger partial charge on any atom is -0.453 e. The molecule has 0 aromatic carbocycles. The zero-order chi connectivity index (χ0) is 23.7. The summed E-state index contributed by atoms with van der Waals surface area (Å²) < 4.78 is 10.4. The maximum absolute atomic E-state index is 13.5. The minimum absolute atomic E-state index is 0. The Balaban J connectivity index is 0.00000544. The van der Waals surface area contributed by atoms with Crippen LogP contribution in [0.3, 0.4) is 0 Å². The van der Waals surface area contributed by atoms with E-state index in [9.17, 15) is 14.4 Å². The summed E-state index contributed by atoms with van der Waals surface area (Å²) in [5.41, 5.74) is -0.994. The van der Waals surface area contributed by atoms with Crippen molar-refractivity contribution in [1.29, 1.82) is 0 Å². The molecule has 1 atom stereocenters. The molecule has 0 aliphatic heterocycles. The number of aromatic nitrogens is 2. The van der Waals surface area contributed by atoms with Gasteiger partial charge in [-0.2, -0.15) is 0 Å². The van der Waals surface area contributed by atoms with Gasteiger partial charge in [0.05, 0.1) is 7.11 Å². The fourth-order valence-corrected chi connectivity index (χ4v) is 4.78. The SMILES string of the molecule is COC(=O)NC1(N(C=O)C(CC(C)C)C(=O)c2nnc(SCCN(C)C)o2)CCCCC1.Cl. The lowest BCUT2D eigenvalue weighted by atomic mass is 9.85. The predicted molar refractivity (Wildman–Crippen MR) is 128 cm³/mol. The highest BCUT2D eigenvalue weighted by molar-refractivity contribution is 7.99. The van der Waals surface area contributed by atoms with E-state index in [4.69, 9.17) is 9.15 Å². The van der Waals surface area contributed by atoms with Gasteiger partial charge in [-0.25, -0.2) is 4.79 Å². The number of nitrogens with one attached hydrogen (secondary N) is 1. The lowest BCUT2D eigenvalue weighted by molar-refractivity contribution is -0.130. The number of hydrogen-bond donors (Lipinski definition) is 1. The van der Waals surface area contributed by atoms with Crippen LogP contribution in [0.25, 0.3) is 0 Å². The van der Waals surface area contributed by atoms with E-state index in [1.165, 1.54) is 23.8 Å². The van der Waals surface area contributed by atoms with E-state index in [0.29, 0.717) is 30.9 Å². The second-order valence-corrected chi connectivity index (χ2v) is 9.80. The highest BCUT2D eigenvalue weighted by Crippen LogP contribution is 2.34. The van der Waals surface area contributed by atoms with Crippen molar-refractivity contribution in [2.24, 2.45) is 5.92 Å². The Kier molecular flexibility index (Phi) is 12.2. The molecular formula is C21H36ClN5O5S. The lowest BCUT2D eigenvalue weighted by Gasteiger charge is -2.47. The number of amides is 2. The fourth-order valence-electron chi connectivity index (χ4n) is 3.92. The molecular weight excluding hydrogens is 470 g/mol. The van der Waals surface area contributed by atoms with Crippen LogP contribution in [0.4, 0.5) is 4.79 Å². The Morgan fingerprint density at radius 3 is 2.45 bits per heavy atom. The van der Waals surface area contributed by atoms with Gasteiger partial charge in [0, 0.05) is 12.3 Å². The van der Waals surface area contributed by atoms with Crippen molar-refractivity contribution in [2.45, 2.75) is 69.3 Å². The lowest BCUT2D eigenvalue weighted by Crippen LogP contribution is -2.65. The third-order valence-electron chi connectivity index (χ3n) is 5.52. The van der Waals surface area contributed by atoms with Crippen molar-refractivity contribution < 1.29 is 23.5 Å². The molecule has 1 N–H and O–H groups in total. The smallest absolute Gasteiger partial charge is 0.408 e. The molecule has 33 heavy (non-hydrogen) atoms. The summed E-state index contributed by atoms with van der Waals surface area (Å²) in [4.78, 5) is 41.4. The van der Waals surface area contributed by atoms with Crippen LogP contribution < -0.4 is 5.32 Å². The molecule has 0 spiro atoms. The highest BCUT2D eigenvalue weighted by atomic mass is 35.5. The average Bonchev–Trinajstić information content (AvgIpc) is 3.22. The normalized spacial score (nSPS) is 16.1. The number of Topliss-reactive ketones (excluding diaryl/α,β-unsaturated/α-hetero) is 1. The number of nitrogens with zero attached hydrogens (tertiary/aromatic N) is 4. The Hall–Kier alpha value is -1.85. The molecule has 1 heterocycles. The van der Waals surface area contributed by atoms with E-state index < -0.39 is 23.6 Å². The largest absolute Gasteiger partial charge is 0.453 e. The van der Waals surface area contributed by atoms with Crippen LogP contribution >= 0.6 is 24.2 Å². The van der Waals surface area contributed by atoms with E-state index in [1.54, 1.807) is 0 Å². The number of hydrogen-bond acceptors (Lipinski definition) is 9. The average molecular weight is 506 g/mol. The van der Waals surface area contributed by atoms with E-state index >= 15 is 0 Å². The fraction of sp³-hybridized carbons (Fsp3) is 0.762.